The van der Waals surface area contributed by atoms with Crippen LogP contribution in [0.3, 0.4) is 0 Å². The molecule has 0 aromatic heterocycles. The quantitative estimate of drug-likeness (QED) is 0.457. The molecule has 0 saturated carbocycles. The first-order chi connectivity index (χ1) is 15.6. The van der Waals surface area contributed by atoms with Gasteiger partial charge in [0.25, 0.3) is 0 Å². The second kappa shape index (κ2) is 11.4. The molecule has 0 spiro atoms. The maximum Gasteiger partial charge on any atom is 0.191 e. The Kier molecular flexibility index (Phi) is 8.30. The zero-order chi connectivity index (χ0) is 22.9. The summed E-state index contributed by atoms with van der Waals surface area (Å²) in [5, 5.41) is 6.94. The number of methoxy groups -OCH3 is 4. The van der Waals surface area contributed by atoms with Gasteiger partial charge in [-0.1, -0.05) is 12.1 Å². The fraction of sp³-hybridized carbons (Fsp3) is 0.458. The van der Waals surface area contributed by atoms with E-state index in [1.54, 1.807) is 35.5 Å². The Balaban J connectivity index is 1.56. The van der Waals surface area contributed by atoms with Crippen LogP contribution in [-0.4, -0.2) is 67.1 Å². The van der Waals surface area contributed by atoms with Crippen LogP contribution in [0.15, 0.2) is 41.4 Å². The van der Waals surface area contributed by atoms with Gasteiger partial charge in [-0.3, -0.25) is 4.99 Å². The molecule has 1 heterocycles. The summed E-state index contributed by atoms with van der Waals surface area (Å²) in [6, 6.07) is 12.2. The van der Waals surface area contributed by atoms with Gasteiger partial charge in [-0.2, -0.15) is 0 Å². The van der Waals surface area contributed by atoms with E-state index in [0.717, 1.165) is 60.4 Å². The summed E-state index contributed by atoms with van der Waals surface area (Å²) < 4.78 is 21.9. The summed E-state index contributed by atoms with van der Waals surface area (Å²) in [6.07, 6.45) is 1.74. The van der Waals surface area contributed by atoms with Gasteiger partial charge in [0.2, 0.25) is 0 Å². The number of benzene rings is 2. The first kappa shape index (κ1) is 23.4. The first-order valence-corrected chi connectivity index (χ1v) is 10.8. The summed E-state index contributed by atoms with van der Waals surface area (Å²) in [4.78, 5) is 6.74. The molecule has 1 atom stereocenters. The highest BCUT2D eigenvalue weighted by Gasteiger charge is 2.25. The highest BCUT2D eigenvalue weighted by molar-refractivity contribution is 5.80. The number of anilines is 1. The number of nitrogens with one attached hydrogen (secondary N) is 2. The van der Waals surface area contributed by atoms with Crippen LogP contribution < -0.4 is 34.5 Å². The predicted octanol–water partition coefficient (Wildman–Crippen LogP) is 2.71. The van der Waals surface area contributed by atoms with Gasteiger partial charge in [0, 0.05) is 50.4 Å². The SMILES string of the molecule is CN=C(NCCc1c(OC)cc(OC)cc1OC)NC1CCN(c2ccccc2OC)C1. The number of rotatable bonds is 9. The molecule has 2 aromatic rings. The maximum atomic E-state index is 5.55. The first-order valence-electron chi connectivity index (χ1n) is 10.8. The molecular weight excluding hydrogens is 408 g/mol. The number of aliphatic imine (C=N–C) groups is 1. The molecule has 8 heteroatoms. The van der Waals surface area contributed by atoms with Gasteiger partial charge < -0.3 is 34.5 Å². The molecule has 1 aliphatic heterocycles. The van der Waals surface area contributed by atoms with Crippen LogP contribution in [-0.2, 0) is 6.42 Å². The lowest BCUT2D eigenvalue weighted by molar-refractivity contribution is 0.368. The molecule has 0 aliphatic carbocycles. The van der Waals surface area contributed by atoms with E-state index in [4.69, 9.17) is 18.9 Å². The van der Waals surface area contributed by atoms with Gasteiger partial charge in [0.1, 0.15) is 23.0 Å². The molecule has 0 bridgehead atoms. The molecule has 3 rings (SSSR count). The smallest absolute Gasteiger partial charge is 0.191 e. The monoisotopic (exact) mass is 442 g/mol. The molecule has 174 valence electrons. The molecule has 0 radical (unpaired) electrons. The van der Waals surface area contributed by atoms with Crippen LogP contribution >= 0.6 is 0 Å². The van der Waals surface area contributed by atoms with Crippen molar-refractivity contribution in [1.29, 1.82) is 0 Å². The van der Waals surface area contributed by atoms with Crippen LogP contribution in [0.25, 0.3) is 0 Å². The average Bonchev–Trinajstić information content (AvgIpc) is 3.31. The molecule has 8 nitrogen and oxygen atoms in total. The van der Waals surface area contributed by atoms with Crippen molar-refractivity contribution >= 4 is 11.6 Å². The highest BCUT2D eigenvalue weighted by Crippen LogP contribution is 2.34. The van der Waals surface area contributed by atoms with Gasteiger partial charge >= 0.3 is 0 Å². The largest absolute Gasteiger partial charge is 0.496 e. The van der Waals surface area contributed by atoms with E-state index in [1.807, 2.05) is 30.3 Å². The van der Waals surface area contributed by atoms with Crippen molar-refractivity contribution in [3.8, 4) is 23.0 Å². The molecular formula is C24H34N4O4. The minimum absolute atomic E-state index is 0.302. The lowest BCUT2D eigenvalue weighted by atomic mass is 10.1. The predicted molar refractivity (Wildman–Crippen MR) is 128 cm³/mol. The number of nitrogens with zero attached hydrogens (tertiary/aromatic N) is 2. The fourth-order valence-corrected chi connectivity index (χ4v) is 4.01. The molecule has 2 aromatic carbocycles. The van der Waals surface area contributed by atoms with Crippen molar-refractivity contribution in [2.75, 3.05) is 60.0 Å². The minimum atomic E-state index is 0.302. The van der Waals surface area contributed by atoms with Crippen molar-refractivity contribution in [1.82, 2.24) is 10.6 Å². The van der Waals surface area contributed by atoms with E-state index >= 15 is 0 Å². The third-order valence-electron chi connectivity index (χ3n) is 5.66. The van der Waals surface area contributed by atoms with Crippen LogP contribution in [0.4, 0.5) is 5.69 Å². The van der Waals surface area contributed by atoms with Crippen LogP contribution in [0, 0.1) is 0 Å². The summed E-state index contributed by atoms with van der Waals surface area (Å²) in [6.45, 7) is 2.54. The summed E-state index contributed by atoms with van der Waals surface area (Å²) in [7, 11) is 8.43. The van der Waals surface area contributed by atoms with Gasteiger partial charge in [-0.25, -0.2) is 0 Å². The highest BCUT2D eigenvalue weighted by atomic mass is 16.5. The number of hydrogen-bond donors (Lipinski definition) is 2. The number of ether oxygens (including phenoxy) is 4. The Morgan fingerprint density at radius 3 is 2.31 bits per heavy atom. The second-order valence-electron chi connectivity index (χ2n) is 7.51. The molecule has 1 unspecified atom stereocenters. The van der Waals surface area contributed by atoms with E-state index in [2.05, 4.69) is 26.6 Å². The Hall–Kier alpha value is -3.29. The lowest BCUT2D eigenvalue weighted by Crippen LogP contribution is -2.45. The van der Waals surface area contributed by atoms with Crippen molar-refractivity contribution in [2.45, 2.75) is 18.9 Å². The van der Waals surface area contributed by atoms with E-state index in [0.29, 0.717) is 18.3 Å². The van der Waals surface area contributed by atoms with Crippen LogP contribution in [0.5, 0.6) is 23.0 Å². The Labute approximate surface area is 190 Å². The van der Waals surface area contributed by atoms with Crippen molar-refractivity contribution in [3.63, 3.8) is 0 Å². The van der Waals surface area contributed by atoms with E-state index in [9.17, 15) is 0 Å². The summed E-state index contributed by atoms with van der Waals surface area (Å²) in [5.41, 5.74) is 2.11. The van der Waals surface area contributed by atoms with E-state index < -0.39 is 0 Å². The van der Waals surface area contributed by atoms with Crippen molar-refractivity contribution < 1.29 is 18.9 Å². The van der Waals surface area contributed by atoms with E-state index in [-0.39, 0.29) is 0 Å². The number of hydrogen-bond acceptors (Lipinski definition) is 6. The second-order valence-corrected chi connectivity index (χ2v) is 7.51. The van der Waals surface area contributed by atoms with Gasteiger partial charge in [0.15, 0.2) is 5.96 Å². The zero-order valence-corrected chi connectivity index (χ0v) is 19.6. The third-order valence-corrected chi connectivity index (χ3v) is 5.66. The topological polar surface area (TPSA) is 76.6 Å². The Morgan fingerprint density at radius 2 is 1.69 bits per heavy atom. The van der Waals surface area contributed by atoms with Crippen molar-refractivity contribution in [3.05, 3.63) is 42.0 Å². The van der Waals surface area contributed by atoms with Crippen molar-refractivity contribution in [2.24, 2.45) is 4.99 Å². The Bertz CT molecular complexity index is 894. The Morgan fingerprint density at radius 1 is 1.00 bits per heavy atom. The maximum absolute atomic E-state index is 5.55. The number of para-hydroxylation sites is 2. The standard InChI is InChI=1S/C24H34N4O4/c1-25-24(26-12-10-19-22(31-4)14-18(29-2)15-23(19)32-5)27-17-11-13-28(16-17)20-8-6-7-9-21(20)30-3/h6-9,14-15,17H,10-13,16H2,1-5H3,(H2,25,26,27). The lowest BCUT2D eigenvalue weighted by Gasteiger charge is -2.22. The number of guanidine groups is 1. The molecule has 1 aliphatic rings. The molecule has 2 N–H and O–H groups in total. The fourth-order valence-electron chi connectivity index (χ4n) is 4.01. The summed E-state index contributed by atoms with van der Waals surface area (Å²) in [5.74, 6) is 3.87. The minimum Gasteiger partial charge on any atom is -0.496 e. The van der Waals surface area contributed by atoms with E-state index in [1.165, 1.54) is 0 Å². The van der Waals surface area contributed by atoms with Gasteiger partial charge in [-0.05, 0) is 25.0 Å². The molecule has 0 amide bonds. The molecule has 32 heavy (non-hydrogen) atoms. The average molecular weight is 443 g/mol. The third kappa shape index (κ3) is 5.49. The summed E-state index contributed by atoms with van der Waals surface area (Å²) >= 11 is 0. The van der Waals surface area contributed by atoms with Gasteiger partial charge in [-0.15, -0.1) is 0 Å². The van der Waals surface area contributed by atoms with Crippen LogP contribution in [0.1, 0.15) is 12.0 Å². The van der Waals surface area contributed by atoms with Crippen LogP contribution in [0.2, 0.25) is 0 Å². The normalized spacial score (nSPS) is 16.0. The molecule has 1 fully saturated rings. The van der Waals surface area contributed by atoms with Gasteiger partial charge in [0.05, 0.1) is 34.1 Å². The zero-order valence-electron chi connectivity index (χ0n) is 19.6. The molecule has 1 saturated heterocycles.